The molecule has 0 amide bonds. The number of anilines is 1. The van der Waals surface area contributed by atoms with Gasteiger partial charge in [0.1, 0.15) is 11.6 Å². The maximum Gasteiger partial charge on any atom is 0.222 e. The average molecular weight is 359 g/mol. The number of hydrogen-bond donors (Lipinski definition) is 1. The molecule has 27 heavy (non-hydrogen) atoms. The zero-order valence-electron chi connectivity index (χ0n) is 15.4. The molecule has 0 bridgehead atoms. The molecule has 1 aliphatic heterocycles. The second-order valence-electron chi connectivity index (χ2n) is 6.31. The fraction of sp³-hybridized carbons (Fsp3) is 0.190. The summed E-state index contributed by atoms with van der Waals surface area (Å²) in [5, 5.41) is 3.13. The summed E-state index contributed by atoms with van der Waals surface area (Å²) in [6.07, 6.45) is 1.71. The monoisotopic (exact) mass is 359 g/mol. The standard InChI is InChI=1S/C21H21N5O/c1-22-17-7-3-5-15(13-17)20-23-10-9-19(25-20)27-18-8-4-6-16(14-18)21-24-11-12-26(21)2/h3-10,13-14,22H,11-12H2,1-2H3. The predicted octanol–water partition coefficient (Wildman–Crippen LogP) is 3.67. The highest BCUT2D eigenvalue weighted by molar-refractivity contribution is 5.99. The van der Waals surface area contributed by atoms with Crippen LogP contribution in [0.2, 0.25) is 0 Å². The van der Waals surface area contributed by atoms with Crippen molar-refractivity contribution in [2.24, 2.45) is 4.99 Å². The smallest absolute Gasteiger partial charge is 0.222 e. The van der Waals surface area contributed by atoms with Gasteiger partial charge in [-0.05, 0) is 24.3 Å². The van der Waals surface area contributed by atoms with Gasteiger partial charge in [-0.2, -0.15) is 4.98 Å². The largest absolute Gasteiger partial charge is 0.439 e. The first-order valence-electron chi connectivity index (χ1n) is 8.88. The van der Waals surface area contributed by atoms with Crippen molar-refractivity contribution >= 4 is 11.5 Å². The zero-order chi connectivity index (χ0) is 18.6. The van der Waals surface area contributed by atoms with E-state index in [1.807, 2.05) is 55.6 Å². The van der Waals surface area contributed by atoms with Gasteiger partial charge in [-0.3, -0.25) is 4.99 Å². The van der Waals surface area contributed by atoms with Crippen molar-refractivity contribution in [1.82, 2.24) is 14.9 Å². The summed E-state index contributed by atoms with van der Waals surface area (Å²) in [7, 11) is 3.94. The van der Waals surface area contributed by atoms with E-state index in [1.165, 1.54) is 0 Å². The Morgan fingerprint density at radius 3 is 2.70 bits per heavy atom. The lowest BCUT2D eigenvalue weighted by Gasteiger charge is -2.14. The van der Waals surface area contributed by atoms with Gasteiger partial charge in [0.15, 0.2) is 5.82 Å². The number of nitrogens with zero attached hydrogens (tertiary/aromatic N) is 4. The summed E-state index contributed by atoms with van der Waals surface area (Å²) in [5.41, 5.74) is 2.99. The van der Waals surface area contributed by atoms with E-state index in [9.17, 15) is 0 Å². The molecule has 136 valence electrons. The first kappa shape index (κ1) is 17.0. The minimum Gasteiger partial charge on any atom is -0.439 e. The van der Waals surface area contributed by atoms with Crippen LogP contribution in [0.3, 0.4) is 0 Å². The van der Waals surface area contributed by atoms with Gasteiger partial charge >= 0.3 is 0 Å². The summed E-state index contributed by atoms with van der Waals surface area (Å²) in [6.45, 7) is 1.78. The second kappa shape index (κ2) is 7.45. The first-order chi connectivity index (χ1) is 13.2. The molecule has 0 aliphatic carbocycles. The lowest BCUT2D eigenvalue weighted by atomic mass is 10.2. The Labute approximate surface area is 158 Å². The molecular formula is C21H21N5O. The van der Waals surface area contributed by atoms with Crippen LogP contribution in [0.15, 0.2) is 65.8 Å². The van der Waals surface area contributed by atoms with Crippen LogP contribution in [0.4, 0.5) is 5.69 Å². The van der Waals surface area contributed by atoms with Crippen molar-refractivity contribution in [2.75, 3.05) is 32.5 Å². The third kappa shape index (κ3) is 3.74. The number of nitrogens with one attached hydrogen (secondary N) is 1. The Hall–Kier alpha value is -3.41. The average Bonchev–Trinajstić information content (AvgIpc) is 3.14. The number of rotatable bonds is 5. The number of hydrogen-bond acceptors (Lipinski definition) is 6. The second-order valence-corrected chi connectivity index (χ2v) is 6.31. The summed E-state index contributed by atoms with van der Waals surface area (Å²) in [6, 6.07) is 17.6. The van der Waals surface area contributed by atoms with Crippen LogP contribution < -0.4 is 10.1 Å². The van der Waals surface area contributed by atoms with Crippen LogP contribution in [0, 0.1) is 0 Å². The van der Waals surface area contributed by atoms with Crippen molar-refractivity contribution in [3.05, 3.63) is 66.4 Å². The van der Waals surface area contributed by atoms with Gasteiger partial charge in [0.05, 0.1) is 6.54 Å². The van der Waals surface area contributed by atoms with Crippen LogP contribution >= 0.6 is 0 Å². The molecule has 0 saturated carbocycles. The van der Waals surface area contributed by atoms with E-state index in [0.717, 1.165) is 41.5 Å². The molecule has 0 unspecified atom stereocenters. The number of benzene rings is 2. The van der Waals surface area contributed by atoms with E-state index in [0.29, 0.717) is 11.7 Å². The van der Waals surface area contributed by atoms with Crippen molar-refractivity contribution in [2.45, 2.75) is 0 Å². The Balaban J connectivity index is 1.58. The molecule has 2 heterocycles. The first-order valence-corrected chi connectivity index (χ1v) is 8.88. The molecule has 0 saturated heterocycles. The third-order valence-electron chi connectivity index (χ3n) is 4.41. The third-order valence-corrected chi connectivity index (χ3v) is 4.41. The van der Waals surface area contributed by atoms with E-state index in [1.54, 1.807) is 12.3 Å². The Kier molecular flexibility index (Phi) is 4.70. The van der Waals surface area contributed by atoms with Gasteiger partial charge in [-0.15, -0.1) is 0 Å². The SMILES string of the molecule is CNc1cccc(-c2nccc(Oc3cccc(C4=NCCN4C)c3)n2)c1. The van der Waals surface area contributed by atoms with E-state index >= 15 is 0 Å². The summed E-state index contributed by atoms with van der Waals surface area (Å²) < 4.78 is 5.99. The van der Waals surface area contributed by atoms with Gasteiger partial charge in [0.25, 0.3) is 0 Å². The van der Waals surface area contributed by atoms with Gasteiger partial charge in [-0.1, -0.05) is 24.3 Å². The van der Waals surface area contributed by atoms with Crippen molar-refractivity contribution in [3.63, 3.8) is 0 Å². The maximum absolute atomic E-state index is 5.99. The number of aromatic nitrogens is 2. The fourth-order valence-corrected chi connectivity index (χ4v) is 3.02. The molecule has 1 N–H and O–H groups in total. The molecule has 1 aromatic heterocycles. The summed E-state index contributed by atoms with van der Waals surface area (Å²) in [4.78, 5) is 15.6. The molecular weight excluding hydrogens is 338 g/mol. The van der Waals surface area contributed by atoms with Crippen molar-refractivity contribution < 1.29 is 4.74 Å². The van der Waals surface area contributed by atoms with Gasteiger partial charge in [-0.25, -0.2) is 4.98 Å². The van der Waals surface area contributed by atoms with E-state index in [2.05, 4.69) is 32.2 Å². The minimum absolute atomic E-state index is 0.508. The molecule has 2 aromatic carbocycles. The fourth-order valence-electron chi connectivity index (χ4n) is 3.02. The van der Waals surface area contributed by atoms with Crippen LogP contribution in [0.25, 0.3) is 11.4 Å². The number of likely N-dealkylation sites (N-methyl/N-ethyl adjacent to an activating group) is 1. The van der Waals surface area contributed by atoms with Crippen LogP contribution in [0.5, 0.6) is 11.6 Å². The Morgan fingerprint density at radius 2 is 1.89 bits per heavy atom. The molecule has 6 nitrogen and oxygen atoms in total. The molecule has 0 fully saturated rings. The van der Waals surface area contributed by atoms with Crippen LogP contribution in [-0.2, 0) is 0 Å². The molecule has 0 atom stereocenters. The summed E-state index contributed by atoms with van der Waals surface area (Å²) in [5.74, 6) is 2.85. The quantitative estimate of drug-likeness (QED) is 0.753. The molecule has 4 rings (SSSR count). The summed E-state index contributed by atoms with van der Waals surface area (Å²) >= 11 is 0. The van der Waals surface area contributed by atoms with E-state index in [-0.39, 0.29) is 0 Å². The topological polar surface area (TPSA) is 62.6 Å². The van der Waals surface area contributed by atoms with E-state index < -0.39 is 0 Å². The van der Waals surface area contributed by atoms with E-state index in [4.69, 9.17) is 4.74 Å². The highest BCUT2D eigenvalue weighted by Crippen LogP contribution is 2.25. The number of aliphatic imine (C=N–C) groups is 1. The number of amidine groups is 1. The Bertz CT molecular complexity index is 986. The highest BCUT2D eigenvalue weighted by atomic mass is 16.5. The molecule has 6 heteroatoms. The van der Waals surface area contributed by atoms with Crippen LogP contribution in [0.1, 0.15) is 5.56 Å². The molecule has 0 spiro atoms. The minimum atomic E-state index is 0.508. The van der Waals surface area contributed by atoms with Crippen molar-refractivity contribution in [3.8, 4) is 23.0 Å². The number of ether oxygens (including phenoxy) is 1. The highest BCUT2D eigenvalue weighted by Gasteiger charge is 2.15. The normalized spacial score (nSPS) is 13.4. The molecule has 0 radical (unpaired) electrons. The molecule has 1 aliphatic rings. The van der Waals surface area contributed by atoms with Crippen LogP contribution in [-0.4, -0.2) is 47.9 Å². The van der Waals surface area contributed by atoms with Gasteiger partial charge in [0, 0.05) is 49.7 Å². The van der Waals surface area contributed by atoms with Gasteiger partial charge < -0.3 is 15.0 Å². The van der Waals surface area contributed by atoms with Crippen molar-refractivity contribution in [1.29, 1.82) is 0 Å². The zero-order valence-corrected chi connectivity index (χ0v) is 15.4. The maximum atomic E-state index is 5.99. The lowest BCUT2D eigenvalue weighted by Crippen LogP contribution is -2.23. The van der Waals surface area contributed by atoms with Gasteiger partial charge in [0.2, 0.25) is 5.88 Å². The lowest BCUT2D eigenvalue weighted by molar-refractivity contribution is 0.462. The Morgan fingerprint density at radius 1 is 1.04 bits per heavy atom. The molecule has 3 aromatic rings. The predicted molar refractivity (Wildman–Crippen MR) is 108 cm³/mol.